The molecule has 0 saturated carbocycles. The van der Waals surface area contributed by atoms with E-state index in [1.165, 1.54) is 27.1 Å². The van der Waals surface area contributed by atoms with Crippen molar-refractivity contribution >= 4 is 54.4 Å². The lowest BCUT2D eigenvalue weighted by Gasteiger charge is -2.15. The van der Waals surface area contributed by atoms with Gasteiger partial charge in [0, 0.05) is 49.3 Å². The van der Waals surface area contributed by atoms with Gasteiger partial charge in [-0.3, -0.25) is 0 Å². The average Bonchev–Trinajstić information content (AvgIpc) is 3.75. The molecular weight excluding hydrogens is 659 g/mol. The van der Waals surface area contributed by atoms with Gasteiger partial charge in [-0.1, -0.05) is 140 Å². The normalized spacial score (nSPS) is 11.7. The molecule has 0 atom stereocenters. The standard InChI is InChI=1S/C49H31N5/c1-4-16-32(17-5-1)47-50-48(33-18-6-2-7-19-33)52-49(51-47)35-28-34-20-10-11-23-37(34)44(29-35)54-43-27-15-13-25-39(43)41-30-40-38-24-12-14-26-42(38)53(45(40)31-46(41)54)36-21-8-3-9-22-36/h1-31H. The van der Waals surface area contributed by atoms with E-state index >= 15 is 0 Å². The zero-order chi connectivity index (χ0) is 35.6. The van der Waals surface area contributed by atoms with Crippen LogP contribution in [-0.4, -0.2) is 24.1 Å². The second kappa shape index (κ2) is 12.1. The van der Waals surface area contributed by atoms with Crippen molar-refractivity contribution in [2.45, 2.75) is 0 Å². The van der Waals surface area contributed by atoms with Gasteiger partial charge in [-0.2, -0.15) is 0 Å². The lowest BCUT2D eigenvalue weighted by Crippen LogP contribution is -2.02. The molecule has 0 unspecified atom stereocenters. The molecule has 54 heavy (non-hydrogen) atoms. The van der Waals surface area contributed by atoms with Gasteiger partial charge in [0.25, 0.3) is 0 Å². The van der Waals surface area contributed by atoms with Crippen molar-refractivity contribution in [1.29, 1.82) is 0 Å². The van der Waals surface area contributed by atoms with E-state index in [9.17, 15) is 0 Å². The third-order valence-electron chi connectivity index (χ3n) is 10.5. The van der Waals surface area contributed by atoms with Crippen molar-refractivity contribution in [2.75, 3.05) is 0 Å². The number of hydrogen-bond donors (Lipinski definition) is 0. The predicted molar refractivity (Wildman–Crippen MR) is 222 cm³/mol. The van der Waals surface area contributed by atoms with Crippen LogP contribution in [-0.2, 0) is 0 Å². The van der Waals surface area contributed by atoms with Gasteiger partial charge in [0.05, 0.1) is 27.8 Å². The SMILES string of the molecule is c1ccc(-c2nc(-c3ccccc3)nc(-c3cc(-n4c5ccccc5c5cc6c7ccccc7n(-c7ccccc7)c6cc54)c4ccccc4c3)n2)cc1. The maximum Gasteiger partial charge on any atom is 0.164 e. The molecule has 0 aliphatic heterocycles. The number of para-hydroxylation sites is 3. The van der Waals surface area contributed by atoms with Crippen LogP contribution in [0.3, 0.4) is 0 Å². The summed E-state index contributed by atoms with van der Waals surface area (Å²) in [7, 11) is 0. The predicted octanol–water partition coefficient (Wildman–Crippen LogP) is 12.2. The molecule has 0 radical (unpaired) electrons. The zero-order valence-electron chi connectivity index (χ0n) is 29.1. The van der Waals surface area contributed by atoms with Crippen LogP contribution in [0.15, 0.2) is 188 Å². The lowest BCUT2D eigenvalue weighted by atomic mass is 10.0. The maximum absolute atomic E-state index is 5.13. The van der Waals surface area contributed by atoms with Crippen LogP contribution in [0.25, 0.3) is 99.9 Å². The van der Waals surface area contributed by atoms with Crippen LogP contribution in [0.4, 0.5) is 0 Å². The van der Waals surface area contributed by atoms with E-state index in [0.29, 0.717) is 17.5 Å². The number of nitrogens with zero attached hydrogens (tertiary/aromatic N) is 5. The lowest BCUT2D eigenvalue weighted by molar-refractivity contribution is 1.07. The van der Waals surface area contributed by atoms with E-state index in [0.717, 1.165) is 55.4 Å². The Balaban J connectivity index is 1.23. The largest absolute Gasteiger partial charge is 0.309 e. The quantitative estimate of drug-likeness (QED) is 0.181. The van der Waals surface area contributed by atoms with Gasteiger partial charge in [-0.25, -0.2) is 15.0 Å². The molecule has 5 nitrogen and oxygen atoms in total. The number of hydrogen-bond acceptors (Lipinski definition) is 3. The van der Waals surface area contributed by atoms with E-state index in [-0.39, 0.29) is 0 Å². The first-order valence-electron chi connectivity index (χ1n) is 18.2. The molecule has 252 valence electrons. The summed E-state index contributed by atoms with van der Waals surface area (Å²) in [4.78, 5) is 15.2. The number of rotatable bonds is 5. The minimum absolute atomic E-state index is 0.627. The Kier molecular flexibility index (Phi) is 6.79. The van der Waals surface area contributed by atoms with Gasteiger partial charge in [-0.15, -0.1) is 0 Å². The molecule has 0 amide bonds. The summed E-state index contributed by atoms with van der Waals surface area (Å²) in [6.45, 7) is 0. The van der Waals surface area contributed by atoms with E-state index in [4.69, 9.17) is 15.0 Å². The van der Waals surface area contributed by atoms with Gasteiger partial charge in [0.15, 0.2) is 17.5 Å². The smallest absolute Gasteiger partial charge is 0.164 e. The van der Waals surface area contributed by atoms with Crippen LogP contribution in [0, 0.1) is 0 Å². The Morgan fingerprint density at radius 3 is 1.37 bits per heavy atom. The average molecular weight is 690 g/mol. The Hall–Kier alpha value is -7.37. The Labute approximate surface area is 311 Å². The summed E-state index contributed by atoms with van der Waals surface area (Å²) in [6.07, 6.45) is 0. The van der Waals surface area contributed by atoms with Crippen molar-refractivity contribution in [3.63, 3.8) is 0 Å². The van der Waals surface area contributed by atoms with Crippen LogP contribution in [0.2, 0.25) is 0 Å². The van der Waals surface area contributed by atoms with Crippen molar-refractivity contribution in [2.24, 2.45) is 0 Å². The topological polar surface area (TPSA) is 48.5 Å². The van der Waals surface area contributed by atoms with E-state index in [1.54, 1.807) is 0 Å². The molecule has 8 aromatic carbocycles. The molecule has 0 aliphatic rings. The Morgan fingerprint density at radius 1 is 0.296 bits per heavy atom. The highest BCUT2D eigenvalue weighted by Gasteiger charge is 2.21. The third-order valence-corrected chi connectivity index (χ3v) is 10.5. The molecule has 0 fully saturated rings. The Morgan fingerprint density at radius 2 is 0.759 bits per heavy atom. The fourth-order valence-corrected chi connectivity index (χ4v) is 8.09. The molecule has 0 N–H and O–H groups in total. The first kappa shape index (κ1) is 30.3. The summed E-state index contributed by atoms with van der Waals surface area (Å²) in [5, 5.41) is 7.14. The molecule has 11 rings (SSSR count). The van der Waals surface area contributed by atoms with Crippen LogP contribution < -0.4 is 0 Å². The van der Waals surface area contributed by atoms with Gasteiger partial charge in [0.2, 0.25) is 0 Å². The number of benzene rings is 8. The summed E-state index contributed by atoms with van der Waals surface area (Å²) >= 11 is 0. The maximum atomic E-state index is 5.13. The molecule has 0 bridgehead atoms. The Bertz CT molecular complexity index is 3140. The second-order valence-electron chi connectivity index (χ2n) is 13.7. The third kappa shape index (κ3) is 4.76. The monoisotopic (exact) mass is 689 g/mol. The van der Waals surface area contributed by atoms with Crippen molar-refractivity contribution in [3.05, 3.63) is 188 Å². The van der Waals surface area contributed by atoms with Gasteiger partial charge in [0.1, 0.15) is 0 Å². The molecule has 11 aromatic rings. The molecule has 5 heteroatoms. The molecule has 0 saturated heterocycles. The summed E-state index contributed by atoms with van der Waals surface area (Å²) < 4.78 is 4.82. The fraction of sp³-hybridized carbons (Fsp3) is 0. The first-order chi connectivity index (χ1) is 26.8. The van der Waals surface area contributed by atoms with E-state index in [1.807, 2.05) is 60.7 Å². The van der Waals surface area contributed by atoms with Crippen molar-refractivity contribution in [1.82, 2.24) is 24.1 Å². The van der Waals surface area contributed by atoms with Gasteiger partial charge in [-0.05, 0) is 53.9 Å². The summed E-state index contributed by atoms with van der Waals surface area (Å²) in [6, 6.07) is 66.3. The molecular formula is C49H31N5. The molecule has 0 spiro atoms. The minimum Gasteiger partial charge on any atom is -0.309 e. The fourth-order valence-electron chi connectivity index (χ4n) is 8.09. The summed E-state index contributed by atoms with van der Waals surface area (Å²) in [5.74, 6) is 1.91. The van der Waals surface area contributed by atoms with E-state index < -0.39 is 0 Å². The van der Waals surface area contributed by atoms with Crippen molar-refractivity contribution < 1.29 is 0 Å². The molecule has 3 heterocycles. The zero-order valence-corrected chi connectivity index (χ0v) is 29.1. The van der Waals surface area contributed by atoms with Gasteiger partial charge < -0.3 is 9.13 Å². The highest BCUT2D eigenvalue weighted by atomic mass is 15.0. The van der Waals surface area contributed by atoms with Crippen LogP contribution in [0.1, 0.15) is 0 Å². The number of aromatic nitrogens is 5. The molecule has 3 aromatic heterocycles. The molecule has 0 aliphatic carbocycles. The van der Waals surface area contributed by atoms with E-state index in [2.05, 4.69) is 137 Å². The first-order valence-corrected chi connectivity index (χ1v) is 18.2. The second-order valence-corrected chi connectivity index (χ2v) is 13.7. The van der Waals surface area contributed by atoms with Gasteiger partial charge >= 0.3 is 0 Å². The highest BCUT2D eigenvalue weighted by molar-refractivity contribution is 6.19. The van der Waals surface area contributed by atoms with Crippen molar-refractivity contribution in [3.8, 4) is 45.5 Å². The minimum atomic E-state index is 0.627. The van der Waals surface area contributed by atoms with Crippen LogP contribution in [0.5, 0.6) is 0 Å². The number of fused-ring (bicyclic) bond motifs is 7. The summed E-state index contributed by atoms with van der Waals surface area (Å²) in [5.41, 5.74) is 9.64. The highest BCUT2D eigenvalue weighted by Crippen LogP contribution is 2.41. The van der Waals surface area contributed by atoms with Crippen LogP contribution >= 0.6 is 0 Å².